The molecule has 2 atom stereocenters. The van der Waals surface area contributed by atoms with Crippen molar-refractivity contribution < 1.29 is 30.7 Å². The number of hydrogen-bond acceptors (Lipinski definition) is 4. The molecule has 2 fully saturated rings. The van der Waals surface area contributed by atoms with Gasteiger partial charge in [0.05, 0.1) is 12.2 Å². The van der Waals surface area contributed by atoms with Crippen molar-refractivity contribution in [1.29, 1.82) is 0 Å². The molecule has 18 heavy (non-hydrogen) atoms. The Balaban J connectivity index is 0. The van der Waals surface area contributed by atoms with Crippen molar-refractivity contribution in [3.8, 4) is 0 Å². The quantitative estimate of drug-likeness (QED) is 0.727. The van der Waals surface area contributed by atoms with Gasteiger partial charge < -0.3 is 19.7 Å². The Labute approximate surface area is 107 Å². The third-order valence-corrected chi connectivity index (χ3v) is 2.23. The Morgan fingerprint density at radius 1 is 1.00 bits per heavy atom. The maximum Gasteiger partial charge on any atom is 0.327 e. The molecule has 0 aliphatic carbocycles. The molecule has 0 aromatic carbocycles. The second-order valence-electron chi connectivity index (χ2n) is 3.48. The SMILES string of the molecule is C1C[C@H]2OCCC2O1.C=CC(=O)O.C=CC(=O)O.[HH]. The number of rotatable bonds is 2. The van der Waals surface area contributed by atoms with Crippen LogP contribution in [0, 0.1) is 0 Å². The zero-order chi connectivity index (χ0) is 14.0. The molecule has 2 aliphatic heterocycles. The molecular weight excluding hydrogens is 240 g/mol. The lowest BCUT2D eigenvalue weighted by Gasteiger charge is -2.03. The van der Waals surface area contributed by atoms with E-state index in [1.807, 2.05) is 0 Å². The summed E-state index contributed by atoms with van der Waals surface area (Å²) in [5, 5.41) is 15.2. The van der Waals surface area contributed by atoms with E-state index in [1.165, 1.54) is 0 Å². The predicted molar refractivity (Wildman–Crippen MR) is 66.5 cm³/mol. The number of ether oxygens (including phenoxy) is 2. The normalized spacial score (nSPS) is 23.6. The maximum atomic E-state index is 9.25. The lowest BCUT2D eigenvalue weighted by atomic mass is 10.2. The molecule has 2 aliphatic rings. The number of aliphatic carboxylic acids is 2. The van der Waals surface area contributed by atoms with Gasteiger partial charge in [0.15, 0.2) is 0 Å². The summed E-state index contributed by atoms with van der Waals surface area (Å²) in [6.07, 6.45) is 4.81. The first-order valence-electron chi connectivity index (χ1n) is 5.45. The zero-order valence-corrected chi connectivity index (χ0v) is 10.1. The van der Waals surface area contributed by atoms with Crippen molar-refractivity contribution in [1.82, 2.24) is 0 Å². The molecule has 1 unspecified atom stereocenters. The average Bonchev–Trinajstić information content (AvgIpc) is 2.93. The number of fused-ring (bicyclic) bond motifs is 1. The summed E-state index contributed by atoms with van der Waals surface area (Å²) < 4.78 is 10.7. The van der Waals surface area contributed by atoms with Crippen molar-refractivity contribution in [2.24, 2.45) is 0 Å². The van der Waals surface area contributed by atoms with Crippen LogP contribution in [-0.4, -0.2) is 47.6 Å². The first-order valence-corrected chi connectivity index (χ1v) is 5.45. The third kappa shape index (κ3) is 7.59. The van der Waals surface area contributed by atoms with Crippen LogP contribution >= 0.6 is 0 Å². The van der Waals surface area contributed by atoms with Gasteiger partial charge >= 0.3 is 11.9 Å². The highest BCUT2D eigenvalue weighted by Crippen LogP contribution is 2.25. The fraction of sp³-hybridized carbons (Fsp3) is 0.500. The van der Waals surface area contributed by atoms with E-state index in [2.05, 4.69) is 13.2 Å². The van der Waals surface area contributed by atoms with E-state index < -0.39 is 11.9 Å². The second-order valence-corrected chi connectivity index (χ2v) is 3.48. The van der Waals surface area contributed by atoms with Crippen LogP contribution in [0.25, 0.3) is 0 Å². The van der Waals surface area contributed by atoms with Crippen LogP contribution in [0.3, 0.4) is 0 Å². The Morgan fingerprint density at radius 2 is 1.28 bits per heavy atom. The van der Waals surface area contributed by atoms with Gasteiger partial charge in [0, 0.05) is 26.8 Å². The van der Waals surface area contributed by atoms with E-state index in [0.29, 0.717) is 12.2 Å². The monoisotopic (exact) mass is 260 g/mol. The smallest absolute Gasteiger partial charge is 0.327 e. The van der Waals surface area contributed by atoms with Crippen molar-refractivity contribution in [3.63, 3.8) is 0 Å². The number of hydrogen-bond donors (Lipinski definition) is 2. The summed E-state index contributed by atoms with van der Waals surface area (Å²) in [5.41, 5.74) is 0. The van der Waals surface area contributed by atoms with Crippen LogP contribution in [0.5, 0.6) is 0 Å². The van der Waals surface area contributed by atoms with E-state index in [9.17, 15) is 9.59 Å². The molecule has 2 saturated heterocycles. The van der Waals surface area contributed by atoms with Crippen molar-refractivity contribution >= 4 is 11.9 Å². The molecule has 0 bridgehead atoms. The van der Waals surface area contributed by atoms with Gasteiger partial charge in [-0.25, -0.2) is 9.59 Å². The van der Waals surface area contributed by atoms with E-state index in [-0.39, 0.29) is 1.43 Å². The summed E-state index contributed by atoms with van der Waals surface area (Å²) in [6.45, 7) is 7.75. The molecule has 2 heterocycles. The van der Waals surface area contributed by atoms with Gasteiger partial charge in [0.2, 0.25) is 0 Å². The van der Waals surface area contributed by atoms with Gasteiger partial charge in [-0.3, -0.25) is 0 Å². The topological polar surface area (TPSA) is 93.1 Å². The van der Waals surface area contributed by atoms with Crippen molar-refractivity contribution in [3.05, 3.63) is 25.3 Å². The van der Waals surface area contributed by atoms with Crippen LogP contribution in [-0.2, 0) is 19.1 Å². The standard InChI is InChI=1S/C6H10O2.2C3H4O2.H2/c1-3-7-6-2-4-8-5(1)6;2*1-2-3(4)5;/h5-6H,1-4H2;2*2H,1H2,(H,4,5);1H/t5-,6?;;;/m1.../s1. The molecule has 0 saturated carbocycles. The molecule has 6 nitrogen and oxygen atoms in total. The van der Waals surface area contributed by atoms with Crippen LogP contribution in [0.1, 0.15) is 14.3 Å². The number of carboxylic acid groups (broad SMARTS) is 2. The lowest BCUT2D eigenvalue weighted by molar-refractivity contribution is -0.132. The predicted octanol–water partition coefficient (Wildman–Crippen LogP) is 1.32. The van der Waals surface area contributed by atoms with Crippen molar-refractivity contribution in [2.75, 3.05) is 13.2 Å². The van der Waals surface area contributed by atoms with Crippen LogP contribution in [0.4, 0.5) is 0 Å². The molecule has 6 heteroatoms. The Bertz CT molecular complexity index is 267. The minimum Gasteiger partial charge on any atom is -0.478 e. The summed E-state index contributed by atoms with van der Waals surface area (Å²) in [7, 11) is 0. The van der Waals surface area contributed by atoms with Crippen LogP contribution in [0.2, 0.25) is 0 Å². The Hall–Kier alpha value is -1.66. The van der Waals surface area contributed by atoms with E-state index in [0.717, 1.165) is 38.2 Å². The molecule has 2 N–H and O–H groups in total. The highest BCUT2D eigenvalue weighted by molar-refractivity contribution is 5.79. The number of carboxylic acids is 2. The van der Waals surface area contributed by atoms with Crippen LogP contribution in [0.15, 0.2) is 25.3 Å². The van der Waals surface area contributed by atoms with Gasteiger partial charge in [-0.2, -0.15) is 0 Å². The van der Waals surface area contributed by atoms with Gasteiger partial charge in [0.1, 0.15) is 0 Å². The highest BCUT2D eigenvalue weighted by atomic mass is 16.6. The summed E-state index contributed by atoms with van der Waals surface area (Å²) >= 11 is 0. The number of carbonyl (C=O) groups is 2. The first-order chi connectivity index (χ1) is 8.51. The Kier molecular flexibility index (Phi) is 8.51. The molecule has 0 radical (unpaired) electrons. The van der Waals surface area contributed by atoms with Gasteiger partial charge in [-0.05, 0) is 12.8 Å². The summed E-state index contributed by atoms with van der Waals surface area (Å²) in [6, 6.07) is 0. The first kappa shape index (κ1) is 16.3. The third-order valence-electron chi connectivity index (χ3n) is 2.23. The molecule has 0 spiro atoms. The van der Waals surface area contributed by atoms with E-state index in [1.54, 1.807) is 0 Å². The van der Waals surface area contributed by atoms with E-state index in [4.69, 9.17) is 19.7 Å². The molecule has 2 rings (SSSR count). The van der Waals surface area contributed by atoms with Crippen molar-refractivity contribution in [2.45, 2.75) is 25.0 Å². The molecule has 0 aromatic rings. The van der Waals surface area contributed by atoms with Crippen LogP contribution < -0.4 is 0 Å². The highest BCUT2D eigenvalue weighted by Gasteiger charge is 2.33. The zero-order valence-electron chi connectivity index (χ0n) is 10.1. The summed E-state index contributed by atoms with van der Waals surface area (Å²) in [5.74, 6) is -1.96. The molecule has 104 valence electrons. The van der Waals surface area contributed by atoms with Gasteiger partial charge in [0.25, 0.3) is 0 Å². The molecule has 0 amide bonds. The fourth-order valence-electron chi connectivity index (χ4n) is 1.42. The largest absolute Gasteiger partial charge is 0.478 e. The lowest BCUT2D eigenvalue weighted by Crippen LogP contribution is -2.13. The van der Waals surface area contributed by atoms with Gasteiger partial charge in [-0.1, -0.05) is 13.2 Å². The minimum atomic E-state index is -0.981. The molecule has 0 aromatic heterocycles. The van der Waals surface area contributed by atoms with Gasteiger partial charge in [-0.15, -0.1) is 0 Å². The second kappa shape index (κ2) is 9.38. The fourth-order valence-corrected chi connectivity index (χ4v) is 1.42. The maximum absolute atomic E-state index is 9.25. The van der Waals surface area contributed by atoms with E-state index >= 15 is 0 Å². The average molecular weight is 260 g/mol. The minimum absolute atomic E-state index is 0. The Morgan fingerprint density at radius 3 is 1.50 bits per heavy atom. The summed E-state index contributed by atoms with van der Waals surface area (Å²) in [4.78, 5) is 18.5. The molecular formula is C12H20O6.